The fourth-order valence-electron chi connectivity index (χ4n) is 3.53. The van der Waals surface area contributed by atoms with Gasteiger partial charge >= 0.3 is 0 Å². The highest BCUT2D eigenvalue weighted by atomic mass is 16.5. The Balaban J connectivity index is 1.49. The molecule has 0 saturated heterocycles. The largest absolute Gasteiger partial charge is 0.490 e. The molecule has 3 nitrogen and oxygen atoms in total. The van der Waals surface area contributed by atoms with Crippen LogP contribution in [0.2, 0.25) is 0 Å². The summed E-state index contributed by atoms with van der Waals surface area (Å²) in [6, 6.07) is 7.13. The summed E-state index contributed by atoms with van der Waals surface area (Å²) >= 11 is 0. The van der Waals surface area contributed by atoms with Gasteiger partial charge in [-0.1, -0.05) is 24.6 Å². The quantitative estimate of drug-likeness (QED) is 0.737. The third-order valence-electron chi connectivity index (χ3n) is 4.96. The Labute approximate surface area is 140 Å². The molecule has 126 valence electrons. The van der Waals surface area contributed by atoms with Crippen LogP contribution in [0.1, 0.15) is 51.0 Å². The van der Waals surface area contributed by atoms with Gasteiger partial charge in [-0.25, -0.2) is 0 Å². The topological polar surface area (TPSA) is 33.3 Å². The van der Waals surface area contributed by atoms with Crippen molar-refractivity contribution in [3.05, 3.63) is 35.4 Å². The van der Waals surface area contributed by atoms with E-state index in [9.17, 15) is 0 Å². The van der Waals surface area contributed by atoms with Crippen molar-refractivity contribution in [3.63, 3.8) is 0 Å². The Morgan fingerprint density at radius 2 is 2.26 bits per heavy atom. The van der Waals surface area contributed by atoms with Crippen molar-refractivity contribution in [2.24, 2.45) is 0 Å². The van der Waals surface area contributed by atoms with Crippen LogP contribution in [0.5, 0.6) is 5.75 Å². The highest BCUT2D eigenvalue weighted by molar-refractivity contribution is 5.59. The highest BCUT2D eigenvalue weighted by Gasteiger charge is 2.13. The lowest BCUT2D eigenvalue weighted by molar-refractivity contribution is 0.323. The second-order valence-corrected chi connectivity index (χ2v) is 6.73. The summed E-state index contributed by atoms with van der Waals surface area (Å²) in [6.45, 7) is 5.05. The van der Waals surface area contributed by atoms with E-state index >= 15 is 0 Å². The van der Waals surface area contributed by atoms with Gasteiger partial charge in [0.15, 0.2) is 0 Å². The summed E-state index contributed by atoms with van der Waals surface area (Å²) in [6.07, 6.45) is 11.3. The van der Waals surface area contributed by atoms with E-state index in [-0.39, 0.29) is 0 Å². The summed E-state index contributed by atoms with van der Waals surface area (Å²) in [4.78, 5) is 0. The number of rotatable bonds is 7. The maximum atomic E-state index is 5.66. The molecule has 1 heterocycles. The normalized spacial score (nSPS) is 18.4. The summed E-state index contributed by atoms with van der Waals surface area (Å²) in [5.41, 5.74) is 4.20. The van der Waals surface area contributed by atoms with Crippen LogP contribution in [0, 0.1) is 0 Å². The van der Waals surface area contributed by atoms with Gasteiger partial charge in [0.1, 0.15) is 12.4 Å². The number of allylic oxidation sites excluding steroid dienone is 1. The summed E-state index contributed by atoms with van der Waals surface area (Å²) < 4.78 is 5.66. The minimum absolute atomic E-state index is 0.557. The maximum absolute atomic E-state index is 5.66. The molecule has 1 aromatic carbocycles. The first-order valence-electron chi connectivity index (χ1n) is 9.26. The zero-order chi connectivity index (χ0) is 15.9. The van der Waals surface area contributed by atoms with Crippen LogP contribution < -0.4 is 15.4 Å². The second-order valence-electron chi connectivity index (χ2n) is 6.73. The first-order chi connectivity index (χ1) is 11.3. The predicted molar refractivity (Wildman–Crippen MR) is 97.4 cm³/mol. The predicted octanol–water partition coefficient (Wildman–Crippen LogP) is 4.29. The SMILES string of the molecule is CCC(Cc1ccc2c(c1)NCCO2)NCCC1=CCCCC1. The maximum Gasteiger partial charge on any atom is 0.142 e. The summed E-state index contributed by atoms with van der Waals surface area (Å²) in [7, 11) is 0. The molecule has 0 saturated carbocycles. The minimum Gasteiger partial charge on any atom is -0.490 e. The van der Waals surface area contributed by atoms with Crippen molar-refractivity contribution < 1.29 is 4.74 Å². The first-order valence-corrected chi connectivity index (χ1v) is 9.26. The molecule has 23 heavy (non-hydrogen) atoms. The van der Waals surface area contributed by atoms with Crippen LogP contribution in [-0.4, -0.2) is 25.7 Å². The van der Waals surface area contributed by atoms with Crippen molar-refractivity contribution >= 4 is 5.69 Å². The molecule has 0 fully saturated rings. The third kappa shape index (κ3) is 4.74. The number of ether oxygens (including phenoxy) is 1. The van der Waals surface area contributed by atoms with Crippen molar-refractivity contribution in [2.45, 2.75) is 57.9 Å². The molecule has 3 heteroatoms. The van der Waals surface area contributed by atoms with Gasteiger partial charge in [-0.05, 0) is 69.2 Å². The number of fused-ring (bicyclic) bond motifs is 1. The fourth-order valence-corrected chi connectivity index (χ4v) is 3.53. The van der Waals surface area contributed by atoms with E-state index in [1.807, 2.05) is 0 Å². The molecule has 0 bridgehead atoms. The highest BCUT2D eigenvalue weighted by Crippen LogP contribution is 2.28. The Bertz CT molecular complexity index is 538. The van der Waals surface area contributed by atoms with E-state index in [1.54, 1.807) is 5.57 Å². The van der Waals surface area contributed by atoms with Crippen LogP contribution in [0.4, 0.5) is 5.69 Å². The summed E-state index contributed by atoms with van der Waals surface area (Å²) in [5, 5.41) is 7.18. The average Bonchev–Trinajstić information content (AvgIpc) is 2.61. The van der Waals surface area contributed by atoms with Crippen LogP contribution >= 0.6 is 0 Å². The van der Waals surface area contributed by atoms with Crippen LogP contribution in [0.25, 0.3) is 0 Å². The standard InChI is InChI=1S/C20H30N2O/c1-2-18(21-11-10-16-6-4-3-5-7-16)14-17-8-9-20-19(15-17)22-12-13-23-20/h6,8-9,15,18,21-22H,2-5,7,10-14H2,1H3. The fraction of sp³-hybridized carbons (Fsp3) is 0.600. The average molecular weight is 314 g/mol. The lowest BCUT2D eigenvalue weighted by Gasteiger charge is -2.22. The molecule has 1 atom stereocenters. The molecule has 1 aliphatic heterocycles. The van der Waals surface area contributed by atoms with Gasteiger partial charge in [0.2, 0.25) is 0 Å². The van der Waals surface area contributed by atoms with Gasteiger partial charge in [0.25, 0.3) is 0 Å². The van der Waals surface area contributed by atoms with Gasteiger partial charge in [-0.3, -0.25) is 0 Å². The van der Waals surface area contributed by atoms with E-state index in [4.69, 9.17) is 4.74 Å². The molecule has 3 rings (SSSR count). The number of hydrogen-bond acceptors (Lipinski definition) is 3. The van der Waals surface area contributed by atoms with E-state index in [1.165, 1.54) is 44.1 Å². The van der Waals surface area contributed by atoms with Crippen molar-refractivity contribution in [1.29, 1.82) is 0 Å². The molecule has 2 N–H and O–H groups in total. The Morgan fingerprint density at radius 3 is 3.09 bits per heavy atom. The smallest absolute Gasteiger partial charge is 0.142 e. The molecule has 0 radical (unpaired) electrons. The van der Waals surface area contributed by atoms with Gasteiger partial charge in [0.05, 0.1) is 5.69 Å². The van der Waals surface area contributed by atoms with Gasteiger partial charge in [-0.15, -0.1) is 0 Å². The number of nitrogens with one attached hydrogen (secondary N) is 2. The van der Waals surface area contributed by atoms with E-state index < -0.39 is 0 Å². The molecule has 1 aliphatic carbocycles. The first kappa shape index (κ1) is 16.4. The lowest BCUT2D eigenvalue weighted by Crippen LogP contribution is -2.31. The minimum atomic E-state index is 0.557. The van der Waals surface area contributed by atoms with E-state index in [2.05, 4.69) is 41.8 Å². The number of hydrogen-bond donors (Lipinski definition) is 2. The Morgan fingerprint density at radius 1 is 1.30 bits per heavy atom. The molecular formula is C20H30N2O. The molecule has 0 aromatic heterocycles. The van der Waals surface area contributed by atoms with Crippen LogP contribution in [0.3, 0.4) is 0 Å². The summed E-state index contributed by atoms with van der Waals surface area (Å²) in [5.74, 6) is 0.991. The monoisotopic (exact) mass is 314 g/mol. The van der Waals surface area contributed by atoms with Crippen molar-refractivity contribution in [3.8, 4) is 5.75 Å². The van der Waals surface area contributed by atoms with E-state index in [0.29, 0.717) is 6.04 Å². The zero-order valence-corrected chi connectivity index (χ0v) is 14.4. The molecule has 0 amide bonds. The van der Waals surface area contributed by atoms with Crippen LogP contribution in [0.15, 0.2) is 29.8 Å². The van der Waals surface area contributed by atoms with Crippen molar-refractivity contribution in [1.82, 2.24) is 5.32 Å². The molecule has 1 unspecified atom stereocenters. The number of benzene rings is 1. The second kappa shape index (κ2) is 8.39. The molecule has 2 aliphatic rings. The zero-order valence-electron chi connectivity index (χ0n) is 14.4. The van der Waals surface area contributed by atoms with Crippen molar-refractivity contribution in [2.75, 3.05) is 25.0 Å². The Kier molecular flexibility index (Phi) is 5.98. The number of anilines is 1. The third-order valence-corrected chi connectivity index (χ3v) is 4.96. The Hall–Kier alpha value is -1.48. The molecule has 1 aromatic rings. The van der Waals surface area contributed by atoms with E-state index in [0.717, 1.165) is 37.6 Å². The van der Waals surface area contributed by atoms with Crippen LogP contribution in [-0.2, 0) is 6.42 Å². The van der Waals surface area contributed by atoms with Gasteiger partial charge in [-0.2, -0.15) is 0 Å². The molecule has 0 spiro atoms. The van der Waals surface area contributed by atoms with Gasteiger partial charge < -0.3 is 15.4 Å². The van der Waals surface area contributed by atoms with Gasteiger partial charge in [0, 0.05) is 12.6 Å². The molecular weight excluding hydrogens is 284 g/mol. The lowest BCUT2D eigenvalue weighted by atomic mass is 9.97.